The van der Waals surface area contributed by atoms with E-state index in [9.17, 15) is 4.79 Å². The highest BCUT2D eigenvalue weighted by Crippen LogP contribution is 2.37. The van der Waals surface area contributed by atoms with Gasteiger partial charge in [-0.1, -0.05) is 33.1 Å². The first-order valence-electron chi connectivity index (χ1n) is 7.95. The summed E-state index contributed by atoms with van der Waals surface area (Å²) in [5.74, 6) is 0.0646. The summed E-state index contributed by atoms with van der Waals surface area (Å²) in [7, 11) is 0. The zero-order chi connectivity index (χ0) is 14.6. The molecule has 2 rings (SSSR count). The second-order valence-electron chi connectivity index (χ2n) is 6.09. The van der Waals surface area contributed by atoms with Gasteiger partial charge in [0.2, 0.25) is 5.91 Å². The van der Waals surface area contributed by atoms with Crippen molar-refractivity contribution in [1.29, 1.82) is 0 Å². The Morgan fingerprint density at radius 3 is 2.70 bits per heavy atom. The van der Waals surface area contributed by atoms with Gasteiger partial charge in [-0.2, -0.15) is 5.10 Å². The van der Waals surface area contributed by atoms with E-state index in [2.05, 4.69) is 29.7 Å². The lowest BCUT2D eigenvalue weighted by molar-refractivity contribution is -0.123. The van der Waals surface area contributed by atoms with Gasteiger partial charge in [0.05, 0.1) is 0 Å². The standard InChI is InChI=1S/C16H27N3O/c1-4-8-13-14(5-2)18-15(20)16(13,3)11-17-19-12-9-6-7-10-12/h11-12,19H,4-10H2,1-3H3,(H,18,20). The first-order valence-corrected chi connectivity index (χ1v) is 7.95. The molecule has 20 heavy (non-hydrogen) atoms. The maximum absolute atomic E-state index is 12.3. The molecule has 1 aliphatic carbocycles. The molecule has 2 aliphatic rings. The van der Waals surface area contributed by atoms with Crippen molar-refractivity contribution >= 4 is 12.1 Å². The Morgan fingerprint density at radius 2 is 2.10 bits per heavy atom. The second kappa shape index (κ2) is 6.42. The molecule has 1 saturated carbocycles. The summed E-state index contributed by atoms with van der Waals surface area (Å²) in [4.78, 5) is 12.3. The molecule has 0 aromatic heterocycles. The van der Waals surface area contributed by atoms with Crippen LogP contribution in [0.4, 0.5) is 0 Å². The molecule has 1 aliphatic heterocycles. The van der Waals surface area contributed by atoms with E-state index >= 15 is 0 Å². The van der Waals surface area contributed by atoms with Crippen molar-refractivity contribution in [3.63, 3.8) is 0 Å². The third kappa shape index (κ3) is 2.89. The van der Waals surface area contributed by atoms with Gasteiger partial charge in [-0.05, 0) is 38.2 Å². The molecule has 112 valence electrons. The molecule has 4 nitrogen and oxygen atoms in total. The molecule has 0 bridgehead atoms. The maximum Gasteiger partial charge on any atom is 0.239 e. The summed E-state index contributed by atoms with van der Waals surface area (Å²) in [6.45, 7) is 6.22. The number of carbonyl (C=O) groups excluding carboxylic acids is 1. The predicted molar refractivity (Wildman–Crippen MR) is 82.4 cm³/mol. The van der Waals surface area contributed by atoms with Crippen LogP contribution in [0.2, 0.25) is 0 Å². The normalized spacial score (nSPS) is 27.6. The molecule has 1 amide bonds. The largest absolute Gasteiger partial charge is 0.329 e. The highest BCUT2D eigenvalue weighted by Gasteiger charge is 2.42. The highest BCUT2D eigenvalue weighted by molar-refractivity contribution is 6.04. The number of carbonyl (C=O) groups is 1. The number of nitrogens with one attached hydrogen (secondary N) is 2. The van der Waals surface area contributed by atoms with Crippen molar-refractivity contribution in [2.75, 3.05) is 0 Å². The average Bonchev–Trinajstić information content (AvgIpc) is 3.02. The van der Waals surface area contributed by atoms with Crippen molar-refractivity contribution in [3.05, 3.63) is 11.3 Å². The van der Waals surface area contributed by atoms with Crippen LogP contribution in [0, 0.1) is 5.41 Å². The van der Waals surface area contributed by atoms with Gasteiger partial charge in [-0.25, -0.2) is 0 Å². The molecule has 1 atom stereocenters. The van der Waals surface area contributed by atoms with E-state index < -0.39 is 5.41 Å². The van der Waals surface area contributed by atoms with E-state index in [0.29, 0.717) is 6.04 Å². The van der Waals surface area contributed by atoms with Gasteiger partial charge >= 0.3 is 0 Å². The minimum atomic E-state index is -0.576. The van der Waals surface area contributed by atoms with Crippen LogP contribution in [0.3, 0.4) is 0 Å². The lowest BCUT2D eigenvalue weighted by atomic mass is 9.81. The lowest BCUT2D eigenvalue weighted by Gasteiger charge is -2.20. The fourth-order valence-corrected chi connectivity index (χ4v) is 3.22. The molecule has 0 radical (unpaired) electrons. The SMILES string of the molecule is CCCC1=C(CC)NC(=O)C1(C)C=NNC1CCCC1. The van der Waals surface area contributed by atoms with Crippen LogP contribution >= 0.6 is 0 Å². The van der Waals surface area contributed by atoms with E-state index in [1.54, 1.807) is 0 Å². The summed E-state index contributed by atoms with van der Waals surface area (Å²) >= 11 is 0. The number of amides is 1. The zero-order valence-electron chi connectivity index (χ0n) is 13.0. The maximum atomic E-state index is 12.3. The fraction of sp³-hybridized carbons (Fsp3) is 0.750. The molecule has 1 fully saturated rings. The molecular weight excluding hydrogens is 250 g/mol. The topological polar surface area (TPSA) is 53.5 Å². The van der Waals surface area contributed by atoms with Gasteiger partial charge < -0.3 is 10.7 Å². The van der Waals surface area contributed by atoms with Crippen molar-refractivity contribution in [3.8, 4) is 0 Å². The third-order valence-corrected chi connectivity index (χ3v) is 4.52. The Bertz CT molecular complexity index is 421. The van der Waals surface area contributed by atoms with Gasteiger partial charge in [-0.15, -0.1) is 0 Å². The van der Waals surface area contributed by atoms with E-state index in [0.717, 1.165) is 25.0 Å². The van der Waals surface area contributed by atoms with Crippen LogP contribution in [0.5, 0.6) is 0 Å². The van der Waals surface area contributed by atoms with Crippen molar-refractivity contribution in [1.82, 2.24) is 10.7 Å². The fourth-order valence-electron chi connectivity index (χ4n) is 3.22. The highest BCUT2D eigenvalue weighted by atomic mass is 16.2. The van der Waals surface area contributed by atoms with E-state index in [-0.39, 0.29) is 5.91 Å². The monoisotopic (exact) mass is 277 g/mol. The van der Waals surface area contributed by atoms with E-state index in [1.165, 1.54) is 31.3 Å². The quantitative estimate of drug-likeness (QED) is 0.579. The zero-order valence-corrected chi connectivity index (χ0v) is 13.0. The van der Waals surface area contributed by atoms with Crippen LogP contribution in [0.15, 0.2) is 16.4 Å². The van der Waals surface area contributed by atoms with Crippen LogP contribution in [0.1, 0.15) is 65.7 Å². The Morgan fingerprint density at radius 1 is 1.40 bits per heavy atom. The summed E-state index contributed by atoms with van der Waals surface area (Å²) in [6.07, 6.45) is 9.64. The van der Waals surface area contributed by atoms with Gasteiger partial charge in [0.25, 0.3) is 0 Å². The van der Waals surface area contributed by atoms with Crippen LogP contribution in [0.25, 0.3) is 0 Å². The van der Waals surface area contributed by atoms with Crippen LogP contribution in [-0.4, -0.2) is 18.2 Å². The Balaban J connectivity index is 2.10. The average molecular weight is 277 g/mol. The van der Waals surface area contributed by atoms with Gasteiger partial charge in [0, 0.05) is 18.0 Å². The smallest absolute Gasteiger partial charge is 0.239 e. The Hall–Kier alpha value is -1.32. The van der Waals surface area contributed by atoms with Crippen molar-refractivity contribution in [2.45, 2.75) is 71.8 Å². The summed E-state index contributed by atoms with van der Waals surface area (Å²) in [5.41, 5.74) is 4.94. The first kappa shape index (κ1) is 15.1. The lowest BCUT2D eigenvalue weighted by Crippen LogP contribution is -2.34. The molecule has 0 spiro atoms. The molecule has 0 saturated heterocycles. The second-order valence-corrected chi connectivity index (χ2v) is 6.09. The van der Waals surface area contributed by atoms with Crippen molar-refractivity contribution in [2.24, 2.45) is 10.5 Å². The van der Waals surface area contributed by atoms with Gasteiger partial charge in [0.15, 0.2) is 0 Å². The summed E-state index contributed by atoms with van der Waals surface area (Å²) < 4.78 is 0. The number of hydrogen-bond donors (Lipinski definition) is 2. The molecule has 0 aromatic rings. The molecule has 4 heteroatoms. The minimum Gasteiger partial charge on any atom is -0.329 e. The predicted octanol–water partition coefficient (Wildman–Crippen LogP) is 3.10. The summed E-state index contributed by atoms with van der Waals surface area (Å²) in [6, 6.07) is 0.489. The number of nitrogens with zero attached hydrogens (tertiary/aromatic N) is 1. The van der Waals surface area contributed by atoms with Gasteiger partial charge in [0.1, 0.15) is 5.41 Å². The van der Waals surface area contributed by atoms with Crippen LogP contribution < -0.4 is 10.7 Å². The Labute approximate surface area is 122 Å². The molecule has 1 heterocycles. The Kier molecular flexibility index (Phi) is 4.84. The molecule has 0 aromatic carbocycles. The van der Waals surface area contributed by atoms with E-state index in [1.807, 2.05) is 13.1 Å². The first-order chi connectivity index (χ1) is 9.61. The third-order valence-electron chi connectivity index (χ3n) is 4.52. The number of allylic oxidation sites excluding steroid dienone is 1. The van der Waals surface area contributed by atoms with Crippen molar-refractivity contribution < 1.29 is 4.79 Å². The minimum absolute atomic E-state index is 0.0646. The molecular formula is C16H27N3O. The number of hydrazone groups is 1. The summed E-state index contributed by atoms with van der Waals surface area (Å²) in [5, 5.41) is 7.42. The number of rotatable bonds is 6. The van der Waals surface area contributed by atoms with Crippen LogP contribution in [-0.2, 0) is 4.79 Å². The molecule has 1 unspecified atom stereocenters. The molecule has 2 N–H and O–H groups in total. The van der Waals surface area contributed by atoms with Gasteiger partial charge in [-0.3, -0.25) is 4.79 Å². The van der Waals surface area contributed by atoms with E-state index in [4.69, 9.17) is 0 Å². The number of hydrogen-bond acceptors (Lipinski definition) is 3.